The molecule has 0 saturated carbocycles. The molecule has 2 aromatic rings. The van der Waals surface area contributed by atoms with Crippen molar-refractivity contribution in [3.8, 4) is 0 Å². The third-order valence-electron chi connectivity index (χ3n) is 3.79. The Hall–Kier alpha value is -2.24. The van der Waals surface area contributed by atoms with Crippen molar-refractivity contribution in [3.63, 3.8) is 0 Å². The number of halogens is 1. The molecule has 0 aliphatic carbocycles. The van der Waals surface area contributed by atoms with Crippen molar-refractivity contribution in [2.75, 3.05) is 6.61 Å². The summed E-state index contributed by atoms with van der Waals surface area (Å²) in [5.74, 6) is -3.39. The number of cyclic esters (lactones) is 1. The molecule has 1 saturated heterocycles. The molecule has 24 heavy (non-hydrogen) atoms. The zero-order valence-corrected chi connectivity index (χ0v) is 13.2. The number of rotatable bonds is 7. The Labute approximate surface area is 140 Å². The molecule has 126 valence electrons. The Morgan fingerprint density at radius 3 is 2.21 bits per heavy atom. The molecule has 0 spiro atoms. The van der Waals surface area contributed by atoms with E-state index in [1.807, 2.05) is 60.7 Å². The van der Waals surface area contributed by atoms with Crippen molar-refractivity contribution in [3.05, 3.63) is 71.8 Å². The lowest BCUT2D eigenvalue weighted by atomic mass is 10.2. The summed E-state index contributed by atoms with van der Waals surface area (Å²) >= 11 is 0. The first-order valence-corrected chi connectivity index (χ1v) is 7.85. The van der Waals surface area contributed by atoms with Crippen LogP contribution in [0, 0.1) is 0 Å². The number of ether oxygens (including phenoxy) is 3. The molecule has 1 fully saturated rings. The Bertz CT molecular complexity index is 662. The largest absolute Gasteiger partial charge is 0.455 e. The summed E-state index contributed by atoms with van der Waals surface area (Å²) in [5.41, 5.74) is 1.81. The summed E-state index contributed by atoms with van der Waals surface area (Å²) in [6.07, 6.45) is -0.796. The van der Waals surface area contributed by atoms with Crippen molar-refractivity contribution < 1.29 is 23.4 Å². The smallest absolute Gasteiger partial charge is 0.372 e. The number of hydrogen-bond donors (Lipinski definition) is 0. The summed E-state index contributed by atoms with van der Waals surface area (Å²) in [6.45, 7) is 0.546. The fraction of sp³-hybridized carbons (Fsp3) is 0.316. The Kier molecular flexibility index (Phi) is 5.23. The predicted molar refractivity (Wildman–Crippen MR) is 85.7 cm³/mol. The molecule has 0 radical (unpaired) electrons. The molecule has 3 rings (SSSR count). The molecule has 2 aromatic carbocycles. The number of carbonyl (C=O) groups excluding carboxylic acids is 1. The van der Waals surface area contributed by atoms with Gasteiger partial charge in [-0.3, -0.25) is 0 Å². The van der Waals surface area contributed by atoms with E-state index < -0.39 is 17.9 Å². The van der Waals surface area contributed by atoms with Gasteiger partial charge in [-0.05, 0) is 11.1 Å². The Balaban J connectivity index is 1.47. The molecule has 0 aromatic heterocycles. The second kappa shape index (κ2) is 7.55. The number of hydrogen-bond acceptors (Lipinski definition) is 4. The van der Waals surface area contributed by atoms with Crippen LogP contribution in [-0.2, 0) is 32.2 Å². The van der Waals surface area contributed by atoms with Gasteiger partial charge in [-0.15, -0.1) is 0 Å². The molecule has 1 heterocycles. The maximum Gasteiger partial charge on any atom is 0.372 e. The molecule has 0 amide bonds. The molecule has 0 bridgehead atoms. The lowest BCUT2D eigenvalue weighted by Gasteiger charge is -2.15. The van der Waals surface area contributed by atoms with Crippen LogP contribution in [0.1, 0.15) is 17.5 Å². The van der Waals surface area contributed by atoms with Gasteiger partial charge in [-0.25, -0.2) is 4.79 Å². The van der Waals surface area contributed by atoms with Crippen LogP contribution in [0.15, 0.2) is 60.7 Å². The lowest BCUT2D eigenvalue weighted by Crippen LogP contribution is -2.32. The first kappa shape index (κ1) is 16.6. The first-order chi connectivity index (χ1) is 11.7. The molecular formula is C19H19FO4. The summed E-state index contributed by atoms with van der Waals surface area (Å²) < 4.78 is 30.4. The minimum absolute atomic E-state index is 0.0179. The Morgan fingerprint density at radius 2 is 1.58 bits per heavy atom. The maximum absolute atomic E-state index is 14.6. The topological polar surface area (TPSA) is 44.8 Å². The van der Waals surface area contributed by atoms with E-state index in [9.17, 15) is 9.18 Å². The molecule has 0 N–H and O–H groups in total. The van der Waals surface area contributed by atoms with E-state index in [0.717, 1.165) is 11.1 Å². The fourth-order valence-corrected chi connectivity index (χ4v) is 2.52. The summed E-state index contributed by atoms with van der Waals surface area (Å²) in [4.78, 5) is 11.8. The van der Waals surface area contributed by atoms with Gasteiger partial charge in [0.2, 0.25) is 0 Å². The maximum atomic E-state index is 14.6. The molecule has 2 atom stereocenters. The van der Waals surface area contributed by atoms with Crippen LogP contribution in [0.3, 0.4) is 0 Å². The van der Waals surface area contributed by atoms with Gasteiger partial charge >= 0.3 is 11.8 Å². The highest BCUT2D eigenvalue weighted by molar-refractivity contribution is 5.80. The second-order valence-electron chi connectivity index (χ2n) is 5.73. The highest BCUT2D eigenvalue weighted by Crippen LogP contribution is 2.32. The number of alkyl halides is 1. The second-order valence-corrected chi connectivity index (χ2v) is 5.73. The van der Waals surface area contributed by atoms with E-state index >= 15 is 0 Å². The predicted octanol–water partition coefficient (Wildman–Crippen LogP) is 3.40. The van der Waals surface area contributed by atoms with E-state index in [1.165, 1.54) is 0 Å². The van der Waals surface area contributed by atoms with Crippen LogP contribution in [0.25, 0.3) is 0 Å². The highest BCUT2D eigenvalue weighted by Gasteiger charge is 2.51. The minimum Gasteiger partial charge on any atom is -0.455 e. The number of carbonyl (C=O) groups is 1. The van der Waals surface area contributed by atoms with E-state index in [4.69, 9.17) is 14.2 Å². The molecule has 2 unspecified atom stereocenters. The molecule has 1 aliphatic heterocycles. The van der Waals surface area contributed by atoms with Crippen molar-refractivity contribution >= 4 is 5.97 Å². The molecule has 4 nitrogen and oxygen atoms in total. The SMILES string of the molecule is O=C1OC(COCc2ccccc2)CC1(F)OCc1ccccc1. The highest BCUT2D eigenvalue weighted by atomic mass is 19.2. The summed E-state index contributed by atoms with van der Waals surface area (Å²) in [6, 6.07) is 18.8. The van der Waals surface area contributed by atoms with E-state index in [1.54, 1.807) is 0 Å². The van der Waals surface area contributed by atoms with Gasteiger partial charge in [0.25, 0.3) is 0 Å². The van der Waals surface area contributed by atoms with Crippen LogP contribution in [0.5, 0.6) is 0 Å². The summed E-state index contributed by atoms with van der Waals surface area (Å²) in [5, 5.41) is 0. The average molecular weight is 330 g/mol. The van der Waals surface area contributed by atoms with Gasteiger partial charge in [0.15, 0.2) is 0 Å². The van der Waals surface area contributed by atoms with Gasteiger partial charge < -0.3 is 14.2 Å². The lowest BCUT2D eigenvalue weighted by molar-refractivity contribution is -0.185. The van der Waals surface area contributed by atoms with Gasteiger partial charge in [-0.2, -0.15) is 4.39 Å². The standard InChI is InChI=1S/C19H19FO4/c20-19(23-13-16-9-5-2-6-10-16)11-17(24-18(19)21)14-22-12-15-7-3-1-4-8-15/h1-10,17H,11-14H2. The third-order valence-corrected chi connectivity index (χ3v) is 3.79. The molecule has 1 aliphatic rings. The van der Waals surface area contributed by atoms with Gasteiger partial charge in [0, 0.05) is 0 Å². The van der Waals surface area contributed by atoms with Crippen molar-refractivity contribution in [1.82, 2.24) is 0 Å². The van der Waals surface area contributed by atoms with Crippen LogP contribution in [-0.4, -0.2) is 24.5 Å². The van der Waals surface area contributed by atoms with Crippen LogP contribution in [0.2, 0.25) is 0 Å². The molecular weight excluding hydrogens is 311 g/mol. The van der Waals surface area contributed by atoms with Crippen LogP contribution in [0.4, 0.5) is 4.39 Å². The van der Waals surface area contributed by atoms with Crippen molar-refractivity contribution in [2.45, 2.75) is 31.6 Å². The molecule has 5 heteroatoms. The van der Waals surface area contributed by atoms with E-state index in [-0.39, 0.29) is 19.6 Å². The van der Waals surface area contributed by atoms with E-state index in [0.29, 0.717) is 6.61 Å². The van der Waals surface area contributed by atoms with Gasteiger partial charge in [-0.1, -0.05) is 60.7 Å². The fourth-order valence-electron chi connectivity index (χ4n) is 2.52. The van der Waals surface area contributed by atoms with Crippen molar-refractivity contribution in [1.29, 1.82) is 0 Å². The normalized spacial score (nSPS) is 23.2. The Morgan fingerprint density at radius 1 is 1.00 bits per heavy atom. The zero-order chi connectivity index (χ0) is 16.8. The van der Waals surface area contributed by atoms with E-state index in [2.05, 4.69) is 0 Å². The van der Waals surface area contributed by atoms with Gasteiger partial charge in [0.05, 0.1) is 26.2 Å². The van der Waals surface area contributed by atoms with Crippen LogP contribution >= 0.6 is 0 Å². The average Bonchev–Trinajstić information content (AvgIpc) is 2.90. The quantitative estimate of drug-likeness (QED) is 0.730. The minimum atomic E-state index is -2.41. The number of benzene rings is 2. The first-order valence-electron chi connectivity index (χ1n) is 7.85. The van der Waals surface area contributed by atoms with Crippen molar-refractivity contribution in [2.24, 2.45) is 0 Å². The zero-order valence-electron chi connectivity index (χ0n) is 13.2. The number of esters is 1. The monoisotopic (exact) mass is 330 g/mol. The van der Waals surface area contributed by atoms with Crippen LogP contribution < -0.4 is 0 Å². The third kappa shape index (κ3) is 4.19. The van der Waals surface area contributed by atoms with Gasteiger partial charge in [0.1, 0.15) is 6.10 Å². The summed E-state index contributed by atoms with van der Waals surface area (Å²) in [7, 11) is 0.